The Hall–Kier alpha value is -3.35. The monoisotopic (exact) mass is 464 g/mol. The zero-order valence-corrected chi connectivity index (χ0v) is 19.5. The normalized spacial score (nSPS) is 17.7. The minimum absolute atomic E-state index is 0.0152. The molecule has 1 heterocycles. The molecule has 2 aromatic rings. The first kappa shape index (κ1) is 23.8. The second kappa shape index (κ2) is 10.7. The molecule has 0 aromatic heterocycles. The van der Waals surface area contributed by atoms with Gasteiger partial charge in [-0.2, -0.15) is 0 Å². The van der Waals surface area contributed by atoms with E-state index in [1.807, 2.05) is 36.1 Å². The number of rotatable bonds is 9. The highest BCUT2D eigenvalue weighted by molar-refractivity contribution is 5.79. The van der Waals surface area contributed by atoms with Crippen LogP contribution >= 0.6 is 0 Å². The van der Waals surface area contributed by atoms with Gasteiger partial charge in [-0.1, -0.05) is 55.5 Å². The van der Waals surface area contributed by atoms with E-state index in [1.165, 1.54) is 22.3 Å². The van der Waals surface area contributed by atoms with Crippen LogP contribution in [0, 0.1) is 11.8 Å². The molecule has 4 rings (SSSR count). The Morgan fingerprint density at radius 1 is 1.09 bits per heavy atom. The maximum absolute atomic E-state index is 12.6. The van der Waals surface area contributed by atoms with Crippen molar-refractivity contribution in [2.24, 2.45) is 11.8 Å². The molecule has 34 heavy (non-hydrogen) atoms. The van der Waals surface area contributed by atoms with Gasteiger partial charge in [0.25, 0.3) is 0 Å². The molecule has 7 heteroatoms. The van der Waals surface area contributed by atoms with Gasteiger partial charge in [-0.25, -0.2) is 4.79 Å². The number of fused-ring (bicyclic) bond motifs is 3. The minimum atomic E-state index is -0.794. The van der Waals surface area contributed by atoms with Gasteiger partial charge in [-0.3, -0.25) is 9.59 Å². The van der Waals surface area contributed by atoms with Crippen molar-refractivity contribution >= 4 is 18.0 Å². The van der Waals surface area contributed by atoms with Gasteiger partial charge >= 0.3 is 12.1 Å². The summed E-state index contributed by atoms with van der Waals surface area (Å²) in [4.78, 5) is 37.5. The number of alkyl carbamates (subject to hydrolysis) is 1. The Kier molecular flexibility index (Phi) is 7.50. The molecule has 2 aliphatic rings. The summed E-state index contributed by atoms with van der Waals surface area (Å²) in [6, 6.07) is 16.4. The fourth-order valence-electron chi connectivity index (χ4n) is 5.03. The van der Waals surface area contributed by atoms with E-state index in [2.05, 4.69) is 29.6 Å². The number of hydrogen-bond acceptors (Lipinski definition) is 4. The first-order chi connectivity index (χ1) is 16.4. The number of nitrogens with one attached hydrogen (secondary N) is 1. The molecule has 2 N–H and O–H groups in total. The summed E-state index contributed by atoms with van der Waals surface area (Å²) in [5, 5.41) is 11.6. The van der Waals surface area contributed by atoms with Crippen LogP contribution in [0.25, 0.3) is 11.1 Å². The highest BCUT2D eigenvalue weighted by Crippen LogP contribution is 2.44. The van der Waals surface area contributed by atoms with Crippen LogP contribution in [0.15, 0.2) is 48.5 Å². The van der Waals surface area contributed by atoms with E-state index >= 15 is 0 Å². The van der Waals surface area contributed by atoms with Crippen molar-refractivity contribution in [1.29, 1.82) is 0 Å². The second-order valence-corrected chi connectivity index (χ2v) is 9.44. The van der Waals surface area contributed by atoms with Crippen LogP contribution in [0.3, 0.4) is 0 Å². The van der Waals surface area contributed by atoms with Gasteiger partial charge in [-0.15, -0.1) is 0 Å². The van der Waals surface area contributed by atoms with Crippen molar-refractivity contribution in [2.45, 2.75) is 38.5 Å². The number of amides is 2. The van der Waals surface area contributed by atoms with E-state index in [-0.39, 0.29) is 36.7 Å². The van der Waals surface area contributed by atoms with E-state index < -0.39 is 12.1 Å². The predicted molar refractivity (Wildman–Crippen MR) is 128 cm³/mol. The largest absolute Gasteiger partial charge is 0.481 e. The Labute approximate surface area is 200 Å². The van der Waals surface area contributed by atoms with Crippen LogP contribution in [-0.4, -0.2) is 54.2 Å². The molecule has 0 saturated carbocycles. The number of aliphatic carboxylic acids is 1. The molecular formula is C27H32N2O5. The van der Waals surface area contributed by atoms with E-state index in [9.17, 15) is 14.4 Å². The van der Waals surface area contributed by atoms with Crippen molar-refractivity contribution in [3.8, 4) is 11.1 Å². The molecule has 0 bridgehead atoms. The lowest BCUT2D eigenvalue weighted by atomic mass is 9.98. The molecule has 2 atom stereocenters. The molecule has 7 nitrogen and oxygen atoms in total. The Morgan fingerprint density at radius 3 is 2.38 bits per heavy atom. The lowest BCUT2D eigenvalue weighted by Gasteiger charge is -2.20. The van der Waals surface area contributed by atoms with Gasteiger partial charge in [-0.05, 0) is 46.9 Å². The number of likely N-dealkylation sites (tertiary alicyclic amines) is 1. The highest BCUT2D eigenvalue weighted by atomic mass is 16.5. The third-order valence-corrected chi connectivity index (χ3v) is 6.87. The number of hydrogen-bond donors (Lipinski definition) is 2. The van der Waals surface area contributed by atoms with Crippen molar-refractivity contribution in [3.05, 3.63) is 59.7 Å². The number of carbonyl (C=O) groups excluding carboxylic acids is 2. The van der Waals surface area contributed by atoms with Crippen LogP contribution < -0.4 is 5.32 Å². The fraction of sp³-hybridized carbons (Fsp3) is 0.444. The predicted octanol–water partition coefficient (Wildman–Crippen LogP) is 4.26. The van der Waals surface area contributed by atoms with Crippen LogP contribution in [0.4, 0.5) is 4.79 Å². The van der Waals surface area contributed by atoms with Gasteiger partial charge in [0.1, 0.15) is 6.61 Å². The number of nitrogens with zero attached hydrogens (tertiary/aromatic N) is 1. The number of ether oxygens (including phenoxy) is 1. The molecular weight excluding hydrogens is 432 g/mol. The average molecular weight is 465 g/mol. The fourth-order valence-corrected chi connectivity index (χ4v) is 5.03. The van der Waals surface area contributed by atoms with E-state index in [4.69, 9.17) is 9.84 Å². The van der Waals surface area contributed by atoms with Gasteiger partial charge in [0.2, 0.25) is 5.91 Å². The molecule has 2 unspecified atom stereocenters. The smallest absolute Gasteiger partial charge is 0.407 e. The lowest BCUT2D eigenvalue weighted by molar-refractivity contribution is -0.137. The van der Waals surface area contributed by atoms with E-state index in [0.717, 1.165) is 6.42 Å². The van der Waals surface area contributed by atoms with Crippen LogP contribution in [-0.2, 0) is 14.3 Å². The average Bonchev–Trinajstić information content (AvgIpc) is 3.43. The summed E-state index contributed by atoms with van der Waals surface area (Å²) in [5.41, 5.74) is 4.71. The van der Waals surface area contributed by atoms with E-state index in [0.29, 0.717) is 32.5 Å². The summed E-state index contributed by atoms with van der Waals surface area (Å²) in [7, 11) is 0. The lowest BCUT2D eigenvalue weighted by Crippen LogP contribution is -2.34. The Bertz CT molecular complexity index is 1010. The first-order valence-corrected chi connectivity index (χ1v) is 12.0. The Balaban J connectivity index is 1.20. The highest BCUT2D eigenvalue weighted by Gasteiger charge is 2.29. The molecule has 1 fully saturated rings. The second-order valence-electron chi connectivity index (χ2n) is 9.44. The van der Waals surface area contributed by atoms with Crippen LogP contribution in [0.1, 0.15) is 49.7 Å². The quantitative estimate of drug-likeness (QED) is 0.578. The standard InChI is InChI=1S/C27H32N2O5/c1-18(14-25(30)29-13-12-19(16-29)10-11-26(31)32)15-28-27(33)34-17-24-22-8-4-2-6-20(22)21-7-3-5-9-23(21)24/h2-9,18-19,24H,10-17H2,1H3,(H,28,33)(H,31,32). The van der Waals surface area contributed by atoms with E-state index in [1.54, 1.807) is 0 Å². The third-order valence-electron chi connectivity index (χ3n) is 6.87. The number of benzene rings is 2. The third kappa shape index (κ3) is 5.58. The number of carbonyl (C=O) groups is 3. The number of carboxylic acid groups (broad SMARTS) is 1. The molecule has 180 valence electrons. The maximum atomic E-state index is 12.6. The van der Waals surface area contributed by atoms with Crippen LogP contribution in [0.2, 0.25) is 0 Å². The summed E-state index contributed by atoms with van der Waals surface area (Å²) >= 11 is 0. The molecule has 0 spiro atoms. The topological polar surface area (TPSA) is 95.9 Å². The van der Waals surface area contributed by atoms with Gasteiger partial charge in [0, 0.05) is 38.4 Å². The van der Waals surface area contributed by atoms with Crippen molar-refractivity contribution in [3.63, 3.8) is 0 Å². The molecule has 1 aliphatic carbocycles. The molecule has 1 saturated heterocycles. The van der Waals surface area contributed by atoms with Crippen LogP contribution in [0.5, 0.6) is 0 Å². The molecule has 1 aliphatic heterocycles. The zero-order valence-electron chi connectivity index (χ0n) is 19.5. The first-order valence-electron chi connectivity index (χ1n) is 12.0. The van der Waals surface area contributed by atoms with Gasteiger partial charge in [0.15, 0.2) is 0 Å². The SMILES string of the molecule is CC(CNC(=O)OCC1c2ccccc2-c2ccccc21)CC(=O)N1CCC(CCC(=O)O)C1. The summed E-state index contributed by atoms with van der Waals surface area (Å²) in [6.07, 6.45) is 1.47. The summed E-state index contributed by atoms with van der Waals surface area (Å²) in [6.45, 7) is 3.85. The maximum Gasteiger partial charge on any atom is 0.407 e. The van der Waals surface area contributed by atoms with Crippen molar-refractivity contribution in [2.75, 3.05) is 26.2 Å². The van der Waals surface area contributed by atoms with Gasteiger partial charge < -0.3 is 20.1 Å². The Morgan fingerprint density at radius 2 is 1.74 bits per heavy atom. The minimum Gasteiger partial charge on any atom is -0.481 e. The molecule has 2 aromatic carbocycles. The summed E-state index contributed by atoms with van der Waals surface area (Å²) < 4.78 is 5.56. The van der Waals surface area contributed by atoms with Gasteiger partial charge in [0.05, 0.1) is 0 Å². The molecule has 2 amide bonds. The molecule has 0 radical (unpaired) electrons. The number of carboxylic acids is 1. The van der Waals surface area contributed by atoms with Crippen molar-refractivity contribution < 1.29 is 24.2 Å². The van der Waals surface area contributed by atoms with Crippen molar-refractivity contribution in [1.82, 2.24) is 10.2 Å². The zero-order chi connectivity index (χ0) is 24.1. The summed E-state index contributed by atoms with van der Waals surface area (Å²) in [5.74, 6) is -0.487.